The van der Waals surface area contributed by atoms with Crippen molar-refractivity contribution in [2.45, 2.75) is 0 Å². The molecule has 2 aromatic heterocycles. The van der Waals surface area contributed by atoms with Crippen molar-refractivity contribution in [1.82, 2.24) is 4.57 Å². The Balaban J connectivity index is 1.15. The van der Waals surface area contributed by atoms with Gasteiger partial charge in [0, 0.05) is 27.2 Å². The summed E-state index contributed by atoms with van der Waals surface area (Å²) >= 11 is 0. The smallest absolute Gasteiger partial charge is 0.136 e. The van der Waals surface area contributed by atoms with Crippen molar-refractivity contribution in [3.05, 3.63) is 200 Å². The van der Waals surface area contributed by atoms with Crippen LogP contribution in [0.5, 0.6) is 0 Å². The quantitative estimate of drug-likeness (QED) is 0.166. The summed E-state index contributed by atoms with van der Waals surface area (Å²) in [4.78, 5) is 0. The average molecular weight is 712 g/mol. The Morgan fingerprint density at radius 1 is 0.321 bits per heavy atom. The first-order chi connectivity index (χ1) is 27.8. The second-order valence-corrected chi connectivity index (χ2v) is 14.8. The van der Waals surface area contributed by atoms with E-state index in [4.69, 9.17) is 4.42 Å². The molecule has 0 radical (unpaired) electrons. The fourth-order valence-corrected chi connectivity index (χ4v) is 9.41. The average Bonchev–Trinajstić information content (AvgIpc) is 3.81. The molecule has 0 unspecified atom stereocenters. The molecule has 56 heavy (non-hydrogen) atoms. The molecule has 0 saturated heterocycles. The summed E-state index contributed by atoms with van der Waals surface area (Å²) in [5, 5.41) is 12.1. The van der Waals surface area contributed by atoms with E-state index >= 15 is 0 Å². The SMILES string of the molecule is c1ccc(-c2c3ccccc3c(-c3cc(-c4cccc5oc6ccc(-n7c8ccccc8c8ccccc87)cc6c45)c4ccccc4c3)c3ccccc23)cc1. The Morgan fingerprint density at radius 2 is 0.875 bits per heavy atom. The monoisotopic (exact) mass is 711 g/mol. The van der Waals surface area contributed by atoms with E-state index in [1.54, 1.807) is 0 Å². The van der Waals surface area contributed by atoms with Gasteiger partial charge in [0.1, 0.15) is 11.2 Å². The fraction of sp³-hybridized carbons (Fsp3) is 0. The van der Waals surface area contributed by atoms with Gasteiger partial charge in [0.2, 0.25) is 0 Å². The molecule has 0 amide bonds. The van der Waals surface area contributed by atoms with E-state index in [9.17, 15) is 0 Å². The summed E-state index contributed by atoms with van der Waals surface area (Å²) < 4.78 is 9.04. The Morgan fingerprint density at radius 3 is 1.54 bits per heavy atom. The van der Waals surface area contributed by atoms with Crippen molar-refractivity contribution in [3.63, 3.8) is 0 Å². The Labute approximate surface area is 323 Å². The third-order valence-electron chi connectivity index (χ3n) is 11.8. The van der Waals surface area contributed by atoms with Gasteiger partial charge < -0.3 is 8.98 Å². The number of hydrogen-bond donors (Lipinski definition) is 0. The highest BCUT2D eigenvalue weighted by Gasteiger charge is 2.21. The molecular formula is C54H33NO. The van der Waals surface area contributed by atoms with Crippen LogP contribution < -0.4 is 0 Å². The number of rotatable bonds is 4. The van der Waals surface area contributed by atoms with Crippen LogP contribution >= 0.6 is 0 Å². The van der Waals surface area contributed by atoms with Gasteiger partial charge in [0.15, 0.2) is 0 Å². The van der Waals surface area contributed by atoms with Gasteiger partial charge in [-0.1, -0.05) is 152 Å². The van der Waals surface area contributed by atoms with Crippen molar-refractivity contribution in [2.75, 3.05) is 0 Å². The minimum absolute atomic E-state index is 0.880. The molecule has 10 aromatic carbocycles. The molecule has 0 atom stereocenters. The molecule has 2 nitrogen and oxygen atoms in total. The van der Waals surface area contributed by atoms with Gasteiger partial charge in [0.05, 0.1) is 11.0 Å². The molecule has 12 rings (SSSR count). The van der Waals surface area contributed by atoms with E-state index in [2.05, 4.69) is 205 Å². The zero-order chi connectivity index (χ0) is 36.7. The standard InChI is InChI=1S/C54H33NO/c1-2-15-34(16-3-1)52-41-21-6-8-23-43(41)53(44-24-9-7-22-42(44)52)36-31-35-17-4-5-18-38(35)46(32-36)45-25-14-28-51-54(45)47-33-37(29-30-50(47)56-51)55-48-26-12-10-19-39(48)40-20-11-13-27-49(40)55/h1-33H. The van der Waals surface area contributed by atoms with Gasteiger partial charge in [-0.3, -0.25) is 0 Å². The summed E-state index contributed by atoms with van der Waals surface area (Å²) in [5.41, 5.74) is 12.6. The van der Waals surface area contributed by atoms with Crippen LogP contribution in [0.3, 0.4) is 0 Å². The van der Waals surface area contributed by atoms with E-state index in [0.717, 1.165) is 33.2 Å². The molecule has 0 bridgehead atoms. The molecule has 2 heteroatoms. The summed E-state index contributed by atoms with van der Waals surface area (Å²) in [6.07, 6.45) is 0. The van der Waals surface area contributed by atoms with Gasteiger partial charge in [0.25, 0.3) is 0 Å². The summed E-state index contributed by atoms with van der Waals surface area (Å²) in [6.45, 7) is 0. The lowest BCUT2D eigenvalue weighted by Gasteiger charge is -2.19. The highest BCUT2D eigenvalue weighted by molar-refractivity contribution is 6.23. The molecule has 0 aliphatic heterocycles. The van der Waals surface area contributed by atoms with Gasteiger partial charge in [-0.25, -0.2) is 0 Å². The Hall–Kier alpha value is -7.42. The van der Waals surface area contributed by atoms with Gasteiger partial charge in [-0.2, -0.15) is 0 Å². The second kappa shape index (κ2) is 12.0. The molecule has 12 aromatic rings. The van der Waals surface area contributed by atoms with Crippen molar-refractivity contribution in [1.29, 1.82) is 0 Å². The van der Waals surface area contributed by atoms with Crippen LogP contribution in [0.2, 0.25) is 0 Å². The van der Waals surface area contributed by atoms with E-state index in [1.165, 1.54) is 81.9 Å². The molecule has 260 valence electrons. The number of para-hydroxylation sites is 2. The van der Waals surface area contributed by atoms with Crippen LogP contribution in [0.15, 0.2) is 205 Å². The van der Waals surface area contributed by atoms with E-state index < -0.39 is 0 Å². The molecule has 0 aliphatic carbocycles. The lowest BCUT2D eigenvalue weighted by atomic mass is 9.84. The van der Waals surface area contributed by atoms with Gasteiger partial charge in [-0.05, 0) is 114 Å². The van der Waals surface area contributed by atoms with Gasteiger partial charge in [-0.15, -0.1) is 0 Å². The topological polar surface area (TPSA) is 18.1 Å². The third-order valence-corrected chi connectivity index (χ3v) is 11.8. The van der Waals surface area contributed by atoms with Crippen molar-refractivity contribution in [2.24, 2.45) is 0 Å². The number of aromatic nitrogens is 1. The molecule has 2 heterocycles. The predicted molar refractivity (Wildman–Crippen MR) is 237 cm³/mol. The first-order valence-electron chi connectivity index (χ1n) is 19.3. The van der Waals surface area contributed by atoms with Crippen LogP contribution in [0.1, 0.15) is 0 Å². The Bertz CT molecular complexity index is 3420. The number of benzene rings is 10. The minimum atomic E-state index is 0.880. The van der Waals surface area contributed by atoms with Crippen molar-refractivity contribution < 1.29 is 4.42 Å². The number of hydrogen-bond acceptors (Lipinski definition) is 1. The normalized spacial score (nSPS) is 11.9. The van der Waals surface area contributed by atoms with Crippen LogP contribution in [0.25, 0.3) is 115 Å². The van der Waals surface area contributed by atoms with Crippen LogP contribution in [-0.2, 0) is 0 Å². The number of nitrogens with zero attached hydrogens (tertiary/aromatic N) is 1. The van der Waals surface area contributed by atoms with Crippen molar-refractivity contribution in [3.8, 4) is 39.1 Å². The second-order valence-electron chi connectivity index (χ2n) is 14.8. The zero-order valence-corrected chi connectivity index (χ0v) is 30.4. The third kappa shape index (κ3) is 4.50. The summed E-state index contributed by atoms with van der Waals surface area (Å²) in [5.74, 6) is 0. The van der Waals surface area contributed by atoms with Crippen molar-refractivity contribution >= 4 is 76.1 Å². The lowest BCUT2D eigenvalue weighted by Crippen LogP contribution is -1.93. The van der Waals surface area contributed by atoms with E-state index in [-0.39, 0.29) is 0 Å². The number of furan rings is 1. The molecule has 0 spiro atoms. The highest BCUT2D eigenvalue weighted by Crippen LogP contribution is 2.47. The molecule has 0 fully saturated rings. The maximum absolute atomic E-state index is 6.65. The highest BCUT2D eigenvalue weighted by atomic mass is 16.3. The molecular weight excluding hydrogens is 679 g/mol. The Kier molecular flexibility index (Phi) is 6.66. The maximum Gasteiger partial charge on any atom is 0.136 e. The van der Waals surface area contributed by atoms with E-state index in [0.29, 0.717) is 0 Å². The fourth-order valence-electron chi connectivity index (χ4n) is 9.41. The molecule has 0 aliphatic rings. The van der Waals surface area contributed by atoms with Gasteiger partial charge >= 0.3 is 0 Å². The largest absolute Gasteiger partial charge is 0.456 e. The lowest BCUT2D eigenvalue weighted by molar-refractivity contribution is 0.669. The molecule has 0 saturated carbocycles. The summed E-state index contributed by atoms with van der Waals surface area (Å²) in [7, 11) is 0. The molecule has 0 N–H and O–H groups in total. The minimum Gasteiger partial charge on any atom is -0.456 e. The predicted octanol–water partition coefficient (Wildman–Crippen LogP) is 15.1. The summed E-state index contributed by atoms with van der Waals surface area (Å²) in [6, 6.07) is 72.8. The van der Waals surface area contributed by atoms with Crippen LogP contribution in [0.4, 0.5) is 0 Å². The number of fused-ring (bicyclic) bond motifs is 9. The maximum atomic E-state index is 6.65. The zero-order valence-electron chi connectivity index (χ0n) is 30.4. The van der Waals surface area contributed by atoms with Crippen LogP contribution in [-0.4, -0.2) is 4.57 Å². The first-order valence-corrected chi connectivity index (χ1v) is 19.3. The van der Waals surface area contributed by atoms with Crippen LogP contribution in [0, 0.1) is 0 Å². The van der Waals surface area contributed by atoms with E-state index in [1.807, 2.05) is 0 Å². The first kappa shape index (κ1) is 31.0.